The van der Waals surface area contributed by atoms with E-state index in [0.29, 0.717) is 0 Å². The zero-order chi connectivity index (χ0) is 10.7. The molecule has 0 aliphatic carbocycles. The van der Waals surface area contributed by atoms with E-state index in [1.54, 1.807) is 0 Å². The third-order valence-corrected chi connectivity index (χ3v) is 2.75. The molecule has 2 rings (SSSR count). The van der Waals surface area contributed by atoms with Gasteiger partial charge in [-0.2, -0.15) is 0 Å². The van der Waals surface area contributed by atoms with Gasteiger partial charge in [-0.3, -0.25) is 4.90 Å². The van der Waals surface area contributed by atoms with E-state index < -0.39 is 0 Å². The molecule has 80 valence electrons. The van der Waals surface area contributed by atoms with E-state index in [1.165, 1.54) is 5.39 Å². The Morgan fingerprint density at radius 2 is 1.87 bits per heavy atom. The lowest BCUT2D eigenvalue weighted by Gasteiger charge is -2.15. The lowest BCUT2D eigenvalue weighted by Crippen LogP contribution is -2.21. The third kappa shape index (κ3) is 2.21. The van der Waals surface area contributed by atoms with E-state index in [4.69, 9.17) is 4.42 Å². The number of benzene rings is 1. The van der Waals surface area contributed by atoms with E-state index in [-0.39, 0.29) is 0 Å². The zero-order valence-electron chi connectivity index (χ0n) is 9.36. The highest BCUT2D eigenvalue weighted by atomic mass is 16.3. The summed E-state index contributed by atoms with van der Waals surface area (Å²) >= 11 is 0. The minimum atomic E-state index is 0.904. The average molecular weight is 203 g/mol. The SMILES string of the molecule is CCN(CC)Cc1cc2ccccc2o1. The van der Waals surface area contributed by atoms with Crippen molar-refractivity contribution in [2.24, 2.45) is 0 Å². The fourth-order valence-electron chi connectivity index (χ4n) is 1.78. The molecule has 15 heavy (non-hydrogen) atoms. The Morgan fingerprint density at radius 1 is 1.13 bits per heavy atom. The number of nitrogens with zero attached hydrogens (tertiary/aromatic N) is 1. The molecule has 0 radical (unpaired) electrons. The molecule has 0 saturated heterocycles. The summed E-state index contributed by atoms with van der Waals surface area (Å²) in [7, 11) is 0. The van der Waals surface area contributed by atoms with Crippen molar-refractivity contribution >= 4 is 11.0 Å². The van der Waals surface area contributed by atoms with Crippen LogP contribution in [-0.2, 0) is 6.54 Å². The second-order valence-electron chi connectivity index (χ2n) is 3.71. The first-order valence-corrected chi connectivity index (χ1v) is 5.53. The Balaban J connectivity index is 2.21. The third-order valence-electron chi connectivity index (χ3n) is 2.75. The summed E-state index contributed by atoms with van der Waals surface area (Å²) in [5, 5.41) is 1.19. The maximum atomic E-state index is 5.76. The number of furan rings is 1. The summed E-state index contributed by atoms with van der Waals surface area (Å²) in [5.41, 5.74) is 0.986. The van der Waals surface area contributed by atoms with Crippen LogP contribution in [0.1, 0.15) is 19.6 Å². The van der Waals surface area contributed by atoms with Crippen molar-refractivity contribution in [1.29, 1.82) is 0 Å². The summed E-state index contributed by atoms with van der Waals surface area (Å²) in [6, 6.07) is 10.3. The van der Waals surface area contributed by atoms with Crippen molar-refractivity contribution in [3.05, 3.63) is 36.1 Å². The molecule has 0 bridgehead atoms. The molecule has 0 fully saturated rings. The number of hydrogen-bond donors (Lipinski definition) is 0. The first kappa shape index (κ1) is 10.2. The lowest BCUT2D eigenvalue weighted by atomic mass is 10.2. The van der Waals surface area contributed by atoms with Crippen LogP contribution in [0, 0.1) is 0 Å². The molecule has 2 nitrogen and oxygen atoms in total. The maximum Gasteiger partial charge on any atom is 0.134 e. The number of para-hydroxylation sites is 1. The van der Waals surface area contributed by atoms with Crippen LogP contribution in [0.15, 0.2) is 34.7 Å². The quantitative estimate of drug-likeness (QED) is 0.758. The molecule has 1 aromatic heterocycles. The average Bonchev–Trinajstić information content (AvgIpc) is 2.68. The van der Waals surface area contributed by atoms with Gasteiger partial charge in [-0.25, -0.2) is 0 Å². The summed E-state index contributed by atoms with van der Waals surface area (Å²) in [5.74, 6) is 1.06. The molecule has 0 amide bonds. The van der Waals surface area contributed by atoms with Gasteiger partial charge in [-0.05, 0) is 25.2 Å². The van der Waals surface area contributed by atoms with Crippen LogP contribution >= 0.6 is 0 Å². The van der Waals surface area contributed by atoms with Gasteiger partial charge in [0.05, 0.1) is 6.54 Å². The van der Waals surface area contributed by atoms with Gasteiger partial charge >= 0.3 is 0 Å². The van der Waals surface area contributed by atoms with Gasteiger partial charge in [0.25, 0.3) is 0 Å². The first-order chi connectivity index (χ1) is 7.33. The Labute approximate surface area is 90.5 Å². The second-order valence-corrected chi connectivity index (χ2v) is 3.71. The predicted octanol–water partition coefficient (Wildman–Crippen LogP) is 3.27. The first-order valence-electron chi connectivity index (χ1n) is 5.53. The Hall–Kier alpha value is -1.28. The summed E-state index contributed by atoms with van der Waals surface area (Å²) < 4.78 is 5.76. The molecular formula is C13H17NO. The molecule has 0 atom stereocenters. The van der Waals surface area contributed by atoms with E-state index in [9.17, 15) is 0 Å². The normalized spacial score (nSPS) is 11.4. The predicted molar refractivity (Wildman–Crippen MR) is 62.8 cm³/mol. The highest BCUT2D eigenvalue weighted by Crippen LogP contribution is 2.19. The smallest absolute Gasteiger partial charge is 0.134 e. The summed E-state index contributed by atoms with van der Waals surface area (Å²) in [4.78, 5) is 2.34. The van der Waals surface area contributed by atoms with E-state index in [1.807, 2.05) is 18.2 Å². The van der Waals surface area contributed by atoms with Crippen LogP contribution < -0.4 is 0 Å². The van der Waals surface area contributed by atoms with Crippen LogP contribution in [0.3, 0.4) is 0 Å². The van der Waals surface area contributed by atoms with Crippen LogP contribution in [-0.4, -0.2) is 18.0 Å². The van der Waals surface area contributed by atoms with Gasteiger partial charge < -0.3 is 4.42 Å². The molecule has 1 heterocycles. The van der Waals surface area contributed by atoms with E-state index >= 15 is 0 Å². The minimum Gasteiger partial charge on any atom is -0.460 e. The fourth-order valence-corrected chi connectivity index (χ4v) is 1.78. The maximum absolute atomic E-state index is 5.76. The van der Waals surface area contributed by atoms with Crippen molar-refractivity contribution < 1.29 is 4.42 Å². The van der Waals surface area contributed by atoms with Crippen molar-refractivity contribution in [1.82, 2.24) is 4.90 Å². The fraction of sp³-hybridized carbons (Fsp3) is 0.385. The molecule has 0 aliphatic rings. The standard InChI is InChI=1S/C13H17NO/c1-3-14(4-2)10-12-9-11-7-5-6-8-13(11)15-12/h5-9H,3-4,10H2,1-2H3. The number of fused-ring (bicyclic) bond motifs is 1. The zero-order valence-corrected chi connectivity index (χ0v) is 9.36. The van der Waals surface area contributed by atoms with Gasteiger partial charge in [-0.15, -0.1) is 0 Å². The van der Waals surface area contributed by atoms with Crippen molar-refractivity contribution in [3.63, 3.8) is 0 Å². The molecule has 0 spiro atoms. The van der Waals surface area contributed by atoms with Gasteiger partial charge in [0.2, 0.25) is 0 Å². The molecule has 1 aromatic carbocycles. The van der Waals surface area contributed by atoms with Crippen molar-refractivity contribution in [2.45, 2.75) is 20.4 Å². The minimum absolute atomic E-state index is 0.904. The van der Waals surface area contributed by atoms with Crippen LogP contribution in [0.2, 0.25) is 0 Å². The van der Waals surface area contributed by atoms with E-state index in [0.717, 1.165) is 31.0 Å². The van der Waals surface area contributed by atoms with Gasteiger partial charge in [-0.1, -0.05) is 32.0 Å². The molecule has 2 aromatic rings. The Kier molecular flexibility index (Phi) is 3.07. The topological polar surface area (TPSA) is 16.4 Å². The Bertz CT molecular complexity index is 396. The highest BCUT2D eigenvalue weighted by molar-refractivity contribution is 5.77. The molecule has 0 N–H and O–H groups in total. The molecular weight excluding hydrogens is 186 g/mol. The van der Waals surface area contributed by atoms with Crippen LogP contribution in [0.4, 0.5) is 0 Å². The van der Waals surface area contributed by atoms with Crippen molar-refractivity contribution in [2.75, 3.05) is 13.1 Å². The van der Waals surface area contributed by atoms with Crippen molar-refractivity contribution in [3.8, 4) is 0 Å². The molecule has 2 heteroatoms. The molecule has 0 aliphatic heterocycles. The van der Waals surface area contributed by atoms with E-state index in [2.05, 4.69) is 30.9 Å². The summed E-state index contributed by atoms with van der Waals surface area (Å²) in [6.07, 6.45) is 0. The number of hydrogen-bond acceptors (Lipinski definition) is 2. The molecule has 0 unspecified atom stereocenters. The van der Waals surface area contributed by atoms with Gasteiger partial charge in [0, 0.05) is 5.39 Å². The van der Waals surface area contributed by atoms with Gasteiger partial charge in [0.15, 0.2) is 0 Å². The number of rotatable bonds is 4. The summed E-state index contributed by atoms with van der Waals surface area (Å²) in [6.45, 7) is 7.38. The van der Waals surface area contributed by atoms with Crippen LogP contribution in [0.5, 0.6) is 0 Å². The molecule has 0 saturated carbocycles. The van der Waals surface area contributed by atoms with Gasteiger partial charge in [0.1, 0.15) is 11.3 Å². The highest BCUT2D eigenvalue weighted by Gasteiger charge is 2.06. The second kappa shape index (κ2) is 4.49. The lowest BCUT2D eigenvalue weighted by molar-refractivity contribution is 0.272. The Morgan fingerprint density at radius 3 is 2.53 bits per heavy atom. The monoisotopic (exact) mass is 203 g/mol. The largest absolute Gasteiger partial charge is 0.460 e. The van der Waals surface area contributed by atoms with Crippen LogP contribution in [0.25, 0.3) is 11.0 Å².